The van der Waals surface area contributed by atoms with Crippen molar-refractivity contribution in [2.24, 2.45) is 0 Å². The smallest absolute Gasteiger partial charge is 0.252 e. The van der Waals surface area contributed by atoms with Crippen LogP contribution in [0.3, 0.4) is 0 Å². The average Bonchev–Trinajstić information content (AvgIpc) is 3.65. The van der Waals surface area contributed by atoms with E-state index < -0.39 is 0 Å². The van der Waals surface area contributed by atoms with Crippen LogP contribution in [0.4, 0.5) is 45.5 Å². The maximum Gasteiger partial charge on any atom is 0.252 e. The van der Waals surface area contributed by atoms with Gasteiger partial charge in [0.15, 0.2) is 0 Å². The second-order valence-electron chi connectivity index (χ2n) is 19.5. The number of benzene rings is 10. The Labute approximate surface area is 405 Å². The van der Waals surface area contributed by atoms with Crippen molar-refractivity contribution in [1.29, 1.82) is 0 Å². The quantitative estimate of drug-likeness (QED) is 0.154. The summed E-state index contributed by atoms with van der Waals surface area (Å²) in [6.07, 6.45) is 1.81. The van der Waals surface area contributed by atoms with Crippen molar-refractivity contribution >= 4 is 68.6 Å². The summed E-state index contributed by atoms with van der Waals surface area (Å²) in [5, 5.41) is 0. The molecule has 2 unspecified atom stereocenters. The van der Waals surface area contributed by atoms with Crippen LogP contribution in [0.25, 0.3) is 22.3 Å². The SMILES string of the molecule is CC12Cc3ccccc3CC1(c1ccccc1)c1ccccc1N2c1cc2c3c(c1)N(c1ccc(-c4ccccc4)cc1)c1ccc(-c4ccccc4)cc1B3c1ccccc1N2c1ccccc1. The van der Waals surface area contributed by atoms with Gasteiger partial charge in [-0.1, -0.05) is 194 Å². The predicted octanol–water partition coefficient (Wildman–Crippen LogP) is 14.1. The molecule has 0 bridgehead atoms. The second kappa shape index (κ2) is 15.3. The van der Waals surface area contributed by atoms with Crippen LogP contribution in [-0.2, 0) is 18.3 Å². The fraction of sp³-hybridized carbons (Fsp3) is 0.0769. The third-order valence-electron chi connectivity index (χ3n) is 16.0. The first-order chi connectivity index (χ1) is 34.1. The Morgan fingerprint density at radius 1 is 0.362 bits per heavy atom. The molecule has 0 fully saturated rings. The summed E-state index contributed by atoms with van der Waals surface area (Å²) >= 11 is 0. The van der Waals surface area contributed by atoms with E-state index in [1.54, 1.807) is 0 Å². The lowest BCUT2D eigenvalue weighted by molar-refractivity contribution is 0.281. The summed E-state index contributed by atoms with van der Waals surface area (Å²) in [6.45, 7) is 2.53. The zero-order valence-corrected chi connectivity index (χ0v) is 38.5. The van der Waals surface area contributed by atoms with Crippen molar-refractivity contribution in [1.82, 2.24) is 0 Å². The van der Waals surface area contributed by atoms with E-state index in [0.29, 0.717) is 0 Å². The fourth-order valence-corrected chi connectivity index (χ4v) is 13.0. The van der Waals surface area contributed by atoms with Crippen LogP contribution in [-0.4, -0.2) is 12.3 Å². The minimum absolute atomic E-state index is 0.0230. The summed E-state index contributed by atoms with van der Waals surface area (Å²) in [4.78, 5) is 7.87. The Balaban J connectivity index is 1.08. The Morgan fingerprint density at radius 2 is 0.855 bits per heavy atom. The van der Waals surface area contributed by atoms with Gasteiger partial charge in [0.2, 0.25) is 0 Å². The molecule has 3 heterocycles. The largest absolute Gasteiger partial charge is 0.334 e. The lowest BCUT2D eigenvalue weighted by Crippen LogP contribution is -2.62. The maximum absolute atomic E-state index is 2.76. The lowest BCUT2D eigenvalue weighted by atomic mass is 9.33. The van der Waals surface area contributed by atoms with Gasteiger partial charge in [-0.25, -0.2) is 0 Å². The van der Waals surface area contributed by atoms with Gasteiger partial charge in [-0.05, 0) is 135 Å². The number of nitrogens with zero attached hydrogens (tertiary/aromatic N) is 3. The number of hydrogen-bond acceptors (Lipinski definition) is 3. The third-order valence-corrected chi connectivity index (χ3v) is 16.0. The van der Waals surface area contributed by atoms with Gasteiger partial charge < -0.3 is 14.7 Å². The minimum Gasteiger partial charge on any atom is -0.334 e. The Bertz CT molecular complexity index is 3600. The number of anilines is 8. The van der Waals surface area contributed by atoms with Gasteiger partial charge in [0, 0.05) is 50.9 Å². The number of fused-ring (bicyclic) bond motifs is 8. The molecule has 0 radical (unpaired) electrons. The molecular weight excluding hydrogens is 834 g/mol. The molecule has 326 valence electrons. The molecule has 2 atom stereocenters. The van der Waals surface area contributed by atoms with Crippen molar-refractivity contribution in [3.8, 4) is 22.3 Å². The lowest BCUT2D eigenvalue weighted by Gasteiger charge is -2.53. The Morgan fingerprint density at radius 3 is 1.54 bits per heavy atom. The van der Waals surface area contributed by atoms with Crippen LogP contribution < -0.4 is 31.1 Å². The van der Waals surface area contributed by atoms with Crippen molar-refractivity contribution in [2.75, 3.05) is 14.7 Å². The molecule has 3 nitrogen and oxygen atoms in total. The first-order valence-corrected chi connectivity index (χ1v) is 24.4. The summed E-state index contributed by atoms with van der Waals surface area (Å²) < 4.78 is 0. The molecule has 0 spiro atoms. The van der Waals surface area contributed by atoms with Crippen molar-refractivity contribution in [2.45, 2.75) is 30.7 Å². The van der Waals surface area contributed by atoms with Crippen molar-refractivity contribution in [3.05, 3.63) is 271 Å². The summed E-state index contributed by atoms with van der Waals surface area (Å²) in [6, 6.07) is 93.1. The van der Waals surface area contributed by atoms with E-state index >= 15 is 0 Å². The highest BCUT2D eigenvalue weighted by molar-refractivity contribution is 7.00. The summed E-state index contributed by atoms with van der Waals surface area (Å²) in [5.41, 5.74) is 23.2. The molecule has 0 saturated heterocycles. The van der Waals surface area contributed by atoms with Gasteiger partial charge in [0.1, 0.15) is 0 Å². The molecule has 10 aromatic carbocycles. The van der Waals surface area contributed by atoms with E-state index in [1.807, 2.05) is 0 Å². The molecule has 69 heavy (non-hydrogen) atoms. The van der Waals surface area contributed by atoms with E-state index in [0.717, 1.165) is 24.2 Å². The summed E-state index contributed by atoms with van der Waals surface area (Å²) in [5.74, 6) is 0. The molecule has 0 saturated carbocycles. The highest BCUT2D eigenvalue weighted by Gasteiger charge is 2.62. The van der Waals surface area contributed by atoms with Crippen LogP contribution in [0.1, 0.15) is 29.2 Å². The molecule has 0 aromatic heterocycles. The molecule has 1 aliphatic carbocycles. The molecule has 0 N–H and O–H groups in total. The monoisotopic (exact) mass is 881 g/mol. The van der Waals surface area contributed by atoms with Crippen molar-refractivity contribution in [3.63, 3.8) is 0 Å². The van der Waals surface area contributed by atoms with E-state index in [-0.39, 0.29) is 17.7 Å². The van der Waals surface area contributed by atoms with Crippen LogP contribution in [0.5, 0.6) is 0 Å². The van der Waals surface area contributed by atoms with Gasteiger partial charge in [-0.15, -0.1) is 0 Å². The number of para-hydroxylation sites is 3. The predicted molar refractivity (Wildman–Crippen MR) is 289 cm³/mol. The summed E-state index contributed by atoms with van der Waals surface area (Å²) in [7, 11) is 0. The highest BCUT2D eigenvalue weighted by Crippen LogP contribution is 2.63. The number of hydrogen-bond donors (Lipinski definition) is 0. The fourth-order valence-electron chi connectivity index (χ4n) is 13.0. The van der Waals surface area contributed by atoms with Gasteiger partial charge in [-0.2, -0.15) is 0 Å². The van der Waals surface area contributed by atoms with Crippen LogP contribution in [0, 0.1) is 0 Å². The molecule has 0 amide bonds. The first kappa shape index (κ1) is 39.8. The zero-order valence-electron chi connectivity index (χ0n) is 38.5. The second-order valence-corrected chi connectivity index (χ2v) is 19.5. The van der Waals surface area contributed by atoms with Crippen LogP contribution >= 0.6 is 0 Å². The first-order valence-electron chi connectivity index (χ1n) is 24.4. The Hall–Kier alpha value is -8.34. The molecule has 10 aromatic rings. The van der Waals surface area contributed by atoms with Gasteiger partial charge in [0.05, 0.1) is 5.54 Å². The molecule has 14 rings (SSSR count). The third kappa shape index (κ3) is 5.82. The minimum atomic E-state index is -0.379. The van der Waals surface area contributed by atoms with E-state index in [9.17, 15) is 0 Å². The van der Waals surface area contributed by atoms with Gasteiger partial charge in [-0.3, -0.25) is 0 Å². The average molecular weight is 882 g/mol. The van der Waals surface area contributed by atoms with E-state index in [1.165, 1.54) is 95.0 Å². The number of rotatable bonds is 6. The van der Waals surface area contributed by atoms with E-state index in [4.69, 9.17) is 0 Å². The van der Waals surface area contributed by atoms with Crippen molar-refractivity contribution < 1.29 is 0 Å². The van der Waals surface area contributed by atoms with Crippen LogP contribution in [0.2, 0.25) is 0 Å². The normalized spacial score (nSPS) is 18.1. The molecule has 4 aliphatic rings. The molecule has 4 heteroatoms. The maximum atomic E-state index is 2.76. The molecule has 3 aliphatic heterocycles. The topological polar surface area (TPSA) is 9.72 Å². The van der Waals surface area contributed by atoms with Gasteiger partial charge >= 0.3 is 0 Å². The standard InChI is InChI=1S/C65H48BN3/c1-64-43-49-24-14-15-25-50(49)44-65(64,51-26-10-4-11-27-51)55-30-16-18-32-58(55)69(64)54-41-61-63-62(42-54)68(53-37-34-47(35-38-53)45-20-6-2-7-21-45)60-39-36-48(46-22-8-3-9-23-46)40-57(60)66(63)56-31-17-19-33-59(56)67(61)52-28-12-5-13-29-52/h2-42H,43-44H2,1H3. The van der Waals surface area contributed by atoms with Crippen LogP contribution in [0.15, 0.2) is 249 Å². The highest BCUT2D eigenvalue weighted by atomic mass is 15.3. The van der Waals surface area contributed by atoms with Gasteiger partial charge in [0.25, 0.3) is 6.71 Å². The Kier molecular flexibility index (Phi) is 8.85. The van der Waals surface area contributed by atoms with E-state index in [2.05, 4.69) is 270 Å². The molecular formula is C65H48BN3. The zero-order chi connectivity index (χ0) is 45.7.